The molecule has 0 bridgehead atoms. The third-order valence-corrected chi connectivity index (χ3v) is 33.2. The lowest BCUT2D eigenvalue weighted by molar-refractivity contribution is 0.511. The van der Waals surface area contributed by atoms with E-state index in [4.69, 9.17) is 0 Å². The van der Waals surface area contributed by atoms with Gasteiger partial charge in [-0.25, -0.2) is 0 Å². The molecule has 24 atom stereocenters. The summed E-state index contributed by atoms with van der Waals surface area (Å²) in [6, 6.07) is 37.8. The van der Waals surface area contributed by atoms with Gasteiger partial charge in [0.1, 0.15) is 0 Å². The topological polar surface area (TPSA) is 0 Å². The smallest absolute Gasteiger partial charge is 0.0143 e. The number of hydrogen-bond donors (Lipinski definition) is 0. The highest BCUT2D eigenvalue weighted by molar-refractivity contribution is 5.94. The monoisotopic (exact) mass is 1930 g/mol. The molecule has 0 heterocycles. The fourth-order valence-electron chi connectivity index (χ4n) is 24.1. The Balaban J connectivity index is -0.000000744. The van der Waals surface area contributed by atoms with Crippen molar-refractivity contribution in [2.75, 3.05) is 0 Å². The van der Waals surface area contributed by atoms with Crippen molar-refractivity contribution >= 4 is 21.5 Å². The highest BCUT2D eigenvalue weighted by atomic mass is 14.5. The van der Waals surface area contributed by atoms with Gasteiger partial charge >= 0.3 is 0 Å². The molecule has 0 heteroatoms. The van der Waals surface area contributed by atoms with Crippen LogP contribution in [0.1, 0.15) is 620 Å². The molecule has 8 aromatic carbocycles. The summed E-state index contributed by atoms with van der Waals surface area (Å²) in [6.45, 7) is 130. The van der Waals surface area contributed by atoms with Crippen molar-refractivity contribution in [3.63, 3.8) is 0 Å². The fraction of sp³-hybridized carbons (Fsp3) is 0.686. The van der Waals surface area contributed by atoms with E-state index in [0.29, 0.717) is 11.8 Å². The summed E-state index contributed by atoms with van der Waals surface area (Å²) >= 11 is 0. The van der Waals surface area contributed by atoms with E-state index in [1.54, 1.807) is 155 Å². The van der Waals surface area contributed by atoms with Crippen LogP contribution in [0.15, 0.2) is 97.1 Å². The third kappa shape index (κ3) is 31.9. The summed E-state index contributed by atoms with van der Waals surface area (Å²) in [6.07, 6.45) is 15.6. The zero-order valence-corrected chi connectivity index (χ0v) is 106. The zero-order valence-electron chi connectivity index (χ0n) is 106. The van der Waals surface area contributed by atoms with Gasteiger partial charge < -0.3 is 0 Å². The largest absolute Gasteiger partial charge is 0.0683 e. The van der Waals surface area contributed by atoms with Gasteiger partial charge in [0, 0.05) is 0 Å². The van der Waals surface area contributed by atoms with Gasteiger partial charge in [-0.15, -0.1) is 0 Å². The third-order valence-electron chi connectivity index (χ3n) is 33.2. The van der Waals surface area contributed by atoms with Crippen LogP contribution in [-0.2, 0) is 77.0 Å². The van der Waals surface area contributed by atoms with Crippen molar-refractivity contribution in [2.24, 2.45) is 71.0 Å². The summed E-state index contributed by atoms with van der Waals surface area (Å²) in [5.41, 5.74) is 40.3. The minimum absolute atomic E-state index is 0.714. The Morgan fingerprint density at radius 2 is 0.307 bits per heavy atom. The Morgan fingerprint density at radius 1 is 0.129 bits per heavy atom. The molecule has 0 aromatic heterocycles. The molecule has 0 saturated carbocycles. The molecule has 0 nitrogen and oxygen atoms in total. The van der Waals surface area contributed by atoms with Crippen molar-refractivity contribution in [3.05, 3.63) is 231 Å². The van der Waals surface area contributed by atoms with Crippen molar-refractivity contribution < 1.29 is 0 Å². The zero-order chi connectivity index (χ0) is 110. The maximum Gasteiger partial charge on any atom is -0.0143 e. The molecule has 804 valence electrons. The predicted octanol–water partition coefficient (Wildman–Crippen LogP) is 46.4. The van der Waals surface area contributed by atoms with E-state index in [2.05, 4.69) is 263 Å². The van der Waals surface area contributed by atoms with E-state index in [1.807, 2.05) is 249 Å². The van der Waals surface area contributed by atoms with Gasteiger partial charge in [-0.1, -0.05) is 512 Å². The maximum atomic E-state index is 2.53. The van der Waals surface area contributed by atoms with E-state index in [9.17, 15) is 0 Å². The maximum absolute atomic E-state index is 2.53. The van der Waals surface area contributed by atoms with E-state index in [0.717, 1.165) is 130 Å². The van der Waals surface area contributed by atoms with Crippen molar-refractivity contribution in [1.82, 2.24) is 0 Å². The summed E-state index contributed by atoms with van der Waals surface area (Å²) in [4.78, 5) is 0. The van der Waals surface area contributed by atoms with Gasteiger partial charge in [-0.05, 0) is 374 Å². The molecule has 0 fully saturated rings. The van der Waals surface area contributed by atoms with Crippen LogP contribution in [0.4, 0.5) is 0 Å². The minimum atomic E-state index is 0.714. The molecule has 0 spiro atoms. The Morgan fingerprint density at radius 3 is 0.600 bits per heavy atom. The van der Waals surface area contributed by atoms with Crippen LogP contribution in [-0.4, -0.2) is 0 Å². The Bertz CT molecular complexity index is 4350. The molecular weight excluding hydrogens is 1680 g/mol. The van der Waals surface area contributed by atoms with Crippen LogP contribution in [0.3, 0.4) is 0 Å². The molecule has 0 unspecified atom stereocenters. The van der Waals surface area contributed by atoms with E-state index in [-0.39, 0.29) is 0 Å². The standard InChI is InChI=1S/2C20H24.4C16H22.18C2H6/c1-11-9-17-18-10-12(2)14(4)20(18)16-8-6-5-7-15(16)19(17)13(11)3;1-11-9-17-15-7-5-6-8-16(15)18-10-12(2)14(4)20(18)19(17)13(11)3;1-9-5-13-7-14-6-10(2)12(4)16(14)8-15(13)11(9)3;1-9-7-13-5-6-14-11(3)10(2)8-15(14)16(13)12(9)4;1-9-7-15-13(11(9)3)5-6-14-12(4)10(2)8-16(14)15;1-9-7-13-5-6-14-8-10(2)12(4)16(14)15(13)11(9)3;18*1-2/h2*5-8,11-14H,9-10H2,1-4H3;7-12H,5-6H2,1-4H3;3*5-6,9-12H,7-8H2,1-4H3;18*1-2H3/t2*11-,12+,13-,14+;9-,10+,11-,12+;9-,10-,11-,12-;2*9-,10+,11-,12+;;;;;;;;;;;;;;;;;;/m...1..................../s1. The van der Waals surface area contributed by atoms with E-state index >= 15 is 0 Å². The Labute approximate surface area is 880 Å². The van der Waals surface area contributed by atoms with Crippen LogP contribution in [0.5, 0.6) is 0 Å². The summed E-state index contributed by atoms with van der Waals surface area (Å²) in [5.74, 6) is 19.0. The summed E-state index contributed by atoms with van der Waals surface area (Å²) in [7, 11) is 0. The summed E-state index contributed by atoms with van der Waals surface area (Å²) < 4.78 is 0. The second-order valence-corrected chi connectivity index (χ2v) is 39.2. The fourth-order valence-corrected chi connectivity index (χ4v) is 24.1. The normalized spacial score (nSPS) is 26.4. The molecule has 12 aliphatic rings. The van der Waals surface area contributed by atoms with Crippen LogP contribution >= 0.6 is 0 Å². The molecule has 12 aliphatic carbocycles. The highest BCUT2D eigenvalue weighted by Gasteiger charge is 2.43. The lowest BCUT2D eigenvalue weighted by Gasteiger charge is -2.20. The van der Waals surface area contributed by atoms with Crippen molar-refractivity contribution in [3.8, 4) is 0 Å². The van der Waals surface area contributed by atoms with Crippen LogP contribution in [0, 0.1) is 71.0 Å². The summed E-state index contributed by atoms with van der Waals surface area (Å²) in [5, 5.41) is 6.16. The van der Waals surface area contributed by atoms with Crippen LogP contribution in [0.2, 0.25) is 0 Å². The predicted molar refractivity (Wildman–Crippen MR) is 653 cm³/mol. The highest BCUT2D eigenvalue weighted by Crippen LogP contribution is 2.56. The first-order chi connectivity index (χ1) is 67.5. The van der Waals surface area contributed by atoms with Crippen LogP contribution in [0.25, 0.3) is 21.5 Å². The molecule has 0 saturated heterocycles. The minimum Gasteiger partial charge on any atom is -0.0683 e. The van der Waals surface area contributed by atoms with Crippen LogP contribution < -0.4 is 0 Å². The van der Waals surface area contributed by atoms with Gasteiger partial charge in [-0.2, -0.15) is 0 Å². The Hall–Kier alpha value is -5.72. The van der Waals surface area contributed by atoms with Gasteiger partial charge in [0.15, 0.2) is 0 Å². The second-order valence-electron chi connectivity index (χ2n) is 39.2. The number of rotatable bonds is 0. The SMILES string of the molecule is CC.CC.CC.CC.CC.CC.CC.CC.CC.CC.CC.CC.CC.CC.CC.CC.CC.CC.C[C@@H]1Cc2c(c3c(c4ccccc24)C[C@H](C)[C@@H]3C)[C@@H]1C.C[C@@H]1Cc2c(ccc3c2C[C@H](C)[C@@H]3C)[C@@H]1C.C[C@@H]1Cc2c(ccc3c2[C@H](C)[C@H](C)C3)[C@@H]1C.C[C@@H]1Cc2c3c(c4ccccc4c2[C@@H]1C)[C@@H](C)[C@@H](C)C3.C[C@@H]1Cc2cc3c(cc2[C@@H]1C)[C@@H](C)[C@@H](C)C3.C[C@@H]1Cc2ccc3c(c2[C@@H]1C)[C@@H](C)[C@@H](C)C3. The molecule has 0 aliphatic heterocycles. The van der Waals surface area contributed by atoms with Gasteiger partial charge in [-0.3, -0.25) is 0 Å². The first-order valence-corrected chi connectivity index (χ1v) is 61.3. The molecular formula is C140H244. The van der Waals surface area contributed by atoms with Gasteiger partial charge in [0.05, 0.1) is 0 Å². The second kappa shape index (κ2) is 73.4. The van der Waals surface area contributed by atoms with E-state index in [1.165, 1.54) is 77.0 Å². The Kier molecular flexibility index (Phi) is 73.7. The van der Waals surface area contributed by atoms with E-state index < -0.39 is 0 Å². The molecule has 140 heavy (non-hydrogen) atoms. The molecule has 8 aromatic rings. The van der Waals surface area contributed by atoms with Crippen molar-refractivity contribution in [2.45, 2.75) is 563 Å². The molecule has 0 amide bonds. The lowest BCUT2D eigenvalue weighted by Crippen LogP contribution is -2.04. The van der Waals surface area contributed by atoms with Crippen molar-refractivity contribution in [1.29, 1.82) is 0 Å². The molecule has 20 rings (SSSR count). The number of benzene rings is 8. The lowest BCUT2D eigenvalue weighted by atomic mass is 9.85. The average Bonchev–Trinajstić information content (AvgIpc) is 1.56. The number of fused-ring (bicyclic) bond motifs is 23. The van der Waals surface area contributed by atoms with Gasteiger partial charge in [0.25, 0.3) is 0 Å². The molecule has 0 N–H and O–H groups in total. The first-order valence-electron chi connectivity index (χ1n) is 61.3. The first kappa shape index (κ1) is 141. The quantitative estimate of drug-likeness (QED) is 0.142. The molecule has 0 radical (unpaired) electrons. The number of hydrogen-bond acceptors (Lipinski definition) is 0. The van der Waals surface area contributed by atoms with Gasteiger partial charge in [0.2, 0.25) is 0 Å². The average molecular weight is 1930 g/mol.